The van der Waals surface area contributed by atoms with E-state index in [4.69, 9.17) is 4.74 Å². The second kappa shape index (κ2) is 11.4. The molecule has 0 unspecified atom stereocenters. The third-order valence-electron chi connectivity index (χ3n) is 6.30. The second-order valence-corrected chi connectivity index (χ2v) is 9.94. The van der Waals surface area contributed by atoms with Gasteiger partial charge in [-0.1, -0.05) is 34.9 Å². The molecule has 192 valence electrons. The zero-order valence-corrected chi connectivity index (χ0v) is 21.7. The number of benzene rings is 2. The first-order valence-electron chi connectivity index (χ1n) is 12.2. The van der Waals surface area contributed by atoms with Gasteiger partial charge in [0.2, 0.25) is 0 Å². The minimum absolute atomic E-state index is 0.0470. The number of hydrogen-bond donors (Lipinski definition) is 4. The van der Waals surface area contributed by atoms with E-state index >= 15 is 0 Å². The molecule has 1 aliphatic heterocycles. The van der Waals surface area contributed by atoms with Crippen LogP contribution in [0.15, 0.2) is 53.1 Å². The van der Waals surface area contributed by atoms with Gasteiger partial charge in [0.05, 0.1) is 6.42 Å². The topological polar surface area (TPSA) is 107 Å². The van der Waals surface area contributed by atoms with Gasteiger partial charge in [0, 0.05) is 17.2 Å². The Bertz CT molecular complexity index is 1240. The van der Waals surface area contributed by atoms with Crippen LogP contribution in [0.3, 0.4) is 0 Å². The maximum Gasteiger partial charge on any atom is 0.174 e. The van der Waals surface area contributed by atoms with Gasteiger partial charge in [-0.25, -0.2) is 0 Å². The van der Waals surface area contributed by atoms with Crippen LogP contribution in [0, 0.1) is 0 Å². The first-order valence-corrected chi connectivity index (χ1v) is 12.2. The highest BCUT2D eigenvalue weighted by molar-refractivity contribution is 6.03. The molecule has 0 aromatic heterocycles. The number of phenols is 4. The third-order valence-corrected chi connectivity index (χ3v) is 6.30. The van der Waals surface area contributed by atoms with E-state index in [0.717, 1.165) is 18.4 Å². The summed E-state index contributed by atoms with van der Waals surface area (Å²) in [5, 5.41) is 42.0. The number of carbonyl (C=O) groups is 1. The van der Waals surface area contributed by atoms with E-state index in [1.54, 1.807) is 6.07 Å². The van der Waals surface area contributed by atoms with Gasteiger partial charge in [-0.15, -0.1) is 0 Å². The second-order valence-electron chi connectivity index (χ2n) is 9.94. The fourth-order valence-electron chi connectivity index (χ4n) is 4.21. The Morgan fingerprint density at radius 3 is 2.25 bits per heavy atom. The molecule has 0 saturated carbocycles. The Labute approximate surface area is 212 Å². The molecule has 0 radical (unpaired) electrons. The third kappa shape index (κ3) is 6.30. The Hall–Kier alpha value is -3.67. The monoisotopic (exact) mass is 492 g/mol. The smallest absolute Gasteiger partial charge is 0.174 e. The quantitative estimate of drug-likeness (QED) is 0.234. The number of aromatic hydroxyl groups is 4. The molecule has 0 saturated heterocycles. The number of carbonyl (C=O) groups excluding carboxylic acids is 1. The van der Waals surface area contributed by atoms with Gasteiger partial charge in [0.15, 0.2) is 17.3 Å². The Kier molecular flexibility index (Phi) is 8.51. The maximum absolute atomic E-state index is 13.0. The van der Waals surface area contributed by atoms with Crippen molar-refractivity contribution < 1.29 is 30.0 Å². The number of Topliss-reactive ketones (excluding diaryl/α,β-unsaturated/α-hetero) is 1. The summed E-state index contributed by atoms with van der Waals surface area (Å²) in [6.45, 7) is 9.98. The van der Waals surface area contributed by atoms with Crippen LogP contribution in [0.25, 0.3) is 0 Å². The van der Waals surface area contributed by atoms with Crippen molar-refractivity contribution in [3.8, 4) is 28.7 Å². The highest BCUT2D eigenvalue weighted by atomic mass is 16.5. The summed E-state index contributed by atoms with van der Waals surface area (Å²) in [4.78, 5) is 13.0. The number of allylic oxidation sites excluding steroid dienone is 6. The molecule has 0 aliphatic carbocycles. The van der Waals surface area contributed by atoms with Gasteiger partial charge >= 0.3 is 0 Å². The lowest BCUT2D eigenvalue weighted by Gasteiger charge is -2.27. The summed E-state index contributed by atoms with van der Waals surface area (Å²) in [5.41, 5.74) is 4.85. The molecule has 1 atom stereocenters. The van der Waals surface area contributed by atoms with Crippen molar-refractivity contribution in [3.05, 3.63) is 75.4 Å². The summed E-state index contributed by atoms with van der Waals surface area (Å²) >= 11 is 0. The van der Waals surface area contributed by atoms with Crippen LogP contribution in [0.2, 0.25) is 0 Å². The number of ether oxygens (including phenoxy) is 1. The van der Waals surface area contributed by atoms with Gasteiger partial charge in [0.25, 0.3) is 0 Å². The largest absolute Gasteiger partial charge is 0.507 e. The molecule has 1 heterocycles. The van der Waals surface area contributed by atoms with Crippen molar-refractivity contribution in [3.63, 3.8) is 0 Å². The number of rotatable bonds is 8. The molecule has 2 aromatic rings. The summed E-state index contributed by atoms with van der Waals surface area (Å²) < 4.78 is 6.01. The van der Waals surface area contributed by atoms with Crippen LogP contribution in [-0.2, 0) is 12.8 Å². The summed E-state index contributed by atoms with van der Waals surface area (Å²) in [6.07, 6.45) is 7.82. The molecule has 0 spiro atoms. The van der Waals surface area contributed by atoms with Gasteiger partial charge in [-0.2, -0.15) is 0 Å². The van der Waals surface area contributed by atoms with E-state index in [-0.39, 0.29) is 52.1 Å². The van der Waals surface area contributed by atoms with Crippen molar-refractivity contribution in [1.29, 1.82) is 0 Å². The van der Waals surface area contributed by atoms with Crippen LogP contribution < -0.4 is 4.74 Å². The lowest BCUT2D eigenvalue weighted by Crippen LogP contribution is -2.21. The van der Waals surface area contributed by atoms with Crippen molar-refractivity contribution in [2.24, 2.45) is 0 Å². The Balaban J connectivity index is 1.87. The molecular weight excluding hydrogens is 456 g/mol. The molecule has 6 nitrogen and oxygen atoms in total. The van der Waals surface area contributed by atoms with E-state index in [2.05, 4.69) is 19.9 Å². The van der Waals surface area contributed by atoms with Crippen LogP contribution in [0.5, 0.6) is 28.7 Å². The summed E-state index contributed by atoms with van der Waals surface area (Å²) in [6, 6.07) is 4.46. The molecule has 0 bridgehead atoms. The normalized spacial score (nSPS) is 15.2. The first kappa shape index (κ1) is 26.9. The van der Waals surface area contributed by atoms with Crippen LogP contribution >= 0.6 is 0 Å². The van der Waals surface area contributed by atoms with E-state index in [1.807, 2.05) is 32.9 Å². The zero-order chi connectivity index (χ0) is 26.6. The predicted molar refractivity (Wildman–Crippen MR) is 141 cm³/mol. The number of ketones is 1. The maximum atomic E-state index is 13.0. The molecular formula is C30H36O6. The molecule has 1 aliphatic rings. The molecule has 0 fully saturated rings. The molecule has 4 N–H and O–H groups in total. The minimum atomic E-state index is -0.736. The van der Waals surface area contributed by atoms with Crippen molar-refractivity contribution in [2.75, 3.05) is 0 Å². The molecule has 36 heavy (non-hydrogen) atoms. The number of phenolic OH excluding ortho intramolecular Hbond substituents is 4. The summed E-state index contributed by atoms with van der Waals surface area (Å²) in [7, 11) is 0. The highest BCUT2D eigenvalue weighted by Crippen LogP contribution is 2.46. The van der Waals surface area contributed by atoms with Gasteiger partial charge in [-0.05, 0) is 78.0 Å². The molecule has 0 amide bonds. The van der Waals surface area contributed by atoms with Crippen molar-refractivity contribution in [1.82, 2.24) is 0 Å². The summed E-state index contributed by atoms with van der Waals surface area (Å²) in [5.74, 6) is -1.14. The van der Waals surface area contributed by atoms with Crippen molar-refractivity contribution >= 4 is 5.78 Å². The zero-order valence-electron chi connectivity index (χ0n) is 21.7. The Morgan fingerprint density at radius 2 is 1.58 bits per heavy atom. The molecule has 3 rings (SSSR count). The van der Waals surface area contributed by atoms with E-state index in [1.165, 1.54) is 23.3 Å². The van der Waals surface area contributed by atoms with E-state index in [0.29, 0.717) is 24.0 Å². The average molecular weight is 493 g/mol. The fourth-order valence-corrected chi connectivity index (χ4v) is 4.21. The standard InChI is InChI=1S/C30H36O6/c1-17(2)7-6-8-19(5)10-11-20-13-21(14-25(33)29(20)34)26-16-24(32)28-27(36-26)15-23(31)22(30(28)35)12-9-18(3)4/h7,9-10,13-15,26,31,33-35H,6,8,11-12,16H2,1-5H3/t26-/m0/s1. The highest BCUT2D eigenvalue weighted by Gasteiger charge is 2.33. The van der Waals surface area contributed by atoms with Crippen LogP contribution in [0.4, 0.5) is 0 Å². The van der Waals surface area contributed by atoms with Gasteiger partial charge in [0.1, 0.15) is 28.9 Å². The van der Waals surface area contributed by atoms with Gasteiger partial charge in [-0.3, -0.25) is 4.79 Å². The first-order chi connectivity index (χ1) is 17.0. The van der Waals surface area contributed by atoms with E-state index in [9.17, 15) is 25.2 Å². The number of hydrogen-bond acceptors (Lipinski definition) is 6. The lowest BCUT2D eigenvalue weighted by atomic mass is 9.91. The fraction of sp³-hybridized carbons (Fsp3) is 0.367. The minimum Gasteiger partial charge on any atom is -0.507 e. The molecule has 6 heteroatoms. The molecule has 2 aromatic carbocycles. The average Bonchev–Trinajstić information content (AvgIpc) is 2.78. The lowest BCUT2D eigenvalue weighted by molar-refractivity contribution is 0.0844. The van der Waals surface area contributed by atoms with Crippen molar-refractivity contribution in [2.45, 2.75) is 72.8 Å². The Morgan fingerprint density at radius 1 is 0.889 bits per heavy atom. The predicted octanol–water partition coefficient (Wildman–Crippen LogP) is 6.96. The number of fused-ring (bicyclic) bond motifs is 1. The SMILES string of the molecule is CC(C)=CCCC(C)=CCc1cc([C@@H]2CC(=O)c3c(cc(O)c(CC=C(C)C)c3O)O2)cc(O)c1O. The van der Waals surface area contributed by atoms with E-state index < -0.39 is 6.10 Å². The van der Waals surface area contributed by atoms with Gasteiger partial charge < -0.3 is 25.2 Å². The van der Waals surface area contributed by atoms with Crippen LogP contribution in [-0.4, -0.2) is 26.2 Å². The van der Waals surface area contributed by atoms with Crippen LogP contribution in [0.1, 0.15) is 87.0 Å².